The number of nitrogens with two attached hydrogens (primary N) is 1. The molecular formula is C16H28N4. The summed E-state index contributed by atoms with van der Waals surface area (Å²) in [6.45, 7) is 7.40. The zero-order chi connectivity index (χ0) is 14.5. The Bertz CT molecular complexity index is 444. The van der Waals surface area contributed by atoms with Crippen LogP contribution in [0.25, 0.3) is 0 Å². The Labute approximate surface area is 122 Å². The highest BCUT2D eigenvalue weighted by Gasteiger charge is 2.18. The fourth-order valence-electron chi connectivity index (χ4n) is 3.13. The lowest BCUT2D eigenvalue weighted by molar-refractivity contribution is 0.274. The number of anilines is 2. The molecule has 2 atom stereocenters. The van der Waals surface area contributed by atoms with E-state index in [9.17, 15) is 0 Å². The van der Waals surface area contributed by atoms with E-state index >= 15 is 0 Å². The standard InChI is InChI=1S/C16H28N4/c1-4-14-19-15(17)12(3)16(20-14)18-9-8-13-7-5-6-11(2)10-13/h11,13H,4-10H2,1-3H3,(H3,17,18,19,20). The van der Waals surface area contributed by atoms with Gasteiger partial charge in [-0.15, -0.1) is 0 Å². The van der Waals surface area contributed by atoms with Gasteiger partial charge in [-0.25, -0.2) is 9.97 Å². The summed E-state index contributed by atoms with van der Waals surface area (Å²) in [5.41, 5.74) is 6.91. The van der Waals surface area contributed by atoms with Gasteiger partial charge in [-0.05, 0) is 31.6 Å². The van der Waals surface area contributed by atoms with Crippen LogP contribution in [-0.2, 0) is 6.42 Å². The summed E-state index contributed by atoms with van der Waals surface area (Å²) in [4.78, 5) is 8.83. The number of hydrogen-bond donors (Lipinski definition) is 2. The molecule has 4 nitrogen and oxygen atoms in total. The highest BCUT2D eigenvalue weighted by Crippen LogP contribution is 2.30. The topological polar surface area (TPSA) is 63.8 Å². The molecule has 0 saturated heterocycles. The average molecular weight is 276 g/mol. The van der Waals surface area contributed by atoms with Crippen molar-refractivity contribution >= 4 is 11.6 Å². The monoisotopic (exact) mass is 276 g/mol. The van der Waals surface area contributed by atoms with Crippen LogP contribution in [0.2, 0.25) is 0 Å². The van der Waals surface area contributed by atoms with Gasteiger partial charge in [0.15, 0.2) is 0 Å². The van der Waals surface area contributed by atoms with Crippen LogP contribution in [0.5, 0.6) is 0 Å². The van der Waals surface area contributed by atoms with Gasteiger partial charge in [0.2, 0.25) is 0 Å². The predicted molar refractivity (Wildman–Crippen MR) is 84.8 cm³/mol. The van der Waals surface area contributed by atoms with Gasteiger partial charge in [0.05, 0.1) is 0 Å². The van der Waals surface area contributed by atoms with E-state index in [0.717, 1.165) is 42.0 Å². The molecule has 1 aromatic heterocycles. The maximum Gasteiger partial charge on any atom is 0.134 e. The van der Waals surface area contributed by atoms with Crippen molar-refractivity contribution in [2.45, 2.75) is 59.3 Å². The quantitative estimate of drug-likeness (QED) is 0.863. The van der Waals surface area contributed by atoms with Crippen molar-refractivity contribution in [1.82, 2.24) is 9.97 Å². The molecule has 0 radical (unpaired) electrons. The maximum atomic E-state index is 5.94. The van der Waals surface area contributed by atoms with Gasteiger partial charge in [-0.2, -0.15) is 0 Å². The smallest absolute Gasteiger partial charge is 0.134 e. The van der Waals surface area contributed by atoms with E-state index in [-0.39, 0.29) is 0 Å². The van der Waals surface area contributed by atoms with E-state index in [1.807, 2.05) is 6.92 Å². The minimum atomic E-state index is 0.602. The molecule has 20 heavy (non-hydrogen) atoms. The van der Waals surface area contributed by atoms with Crippen LogP contribution in [0.3, 0.4) is 0 Å². The molecule has 0 aromatic carbocycles. The van der Waals surface area contributed by atoms with Crippen LogP contribution >= 0.6 is 0 Å². The van der Waals surface area contributed by atoms with Crippen LogP contribution in [-0.4, -0.2) is 16.5 Å². The van der Waals surface area contributed by atoms with E-state index in [1.165, 1.54) is 32.1 Å². The molecule has 0 amide bonds. The van der Waals surface area contributed by atoms with Crippen LogP contribution in [0.15, 0.2) is 0 Å². The third-order valence-corrected chi connectivity index (χ3v) is 4.44. The first-order chi connectivity index (χ1) is 9.60. The molecule has 2 rings (SSSR count). The van der Waals surface area contributed by atoms with Gasteiger partial charge in [0.25, 0.3) is 0 Å². The highest BCUT2D eigenvalue weighted by molar-refractivity contribution is 5.54. The summed E-state index contributed by atoms with van der Waals surface area (Å²) in [5, 5.41) is 3.46. The summed E-state index contributed by atoms with van der Waals surface area (Å²) in [6, 6.07) is 0. The maximum absolute atomic E-state index is 5.94. The highest BCUT2D eigenvalue weighted by atomic mass is 15.1. The lowest BCUT2D eigenvalue weighted by Crippen LogP contribution is -2.17. The second kappa shape index (κ2) is 6.91. The number of rotatable bonds is 5. The second-order valence-corrected chi connectivity index (χ2v) is 6.21. The fourth-order valence-corrected chi connectivity index (χ4v) is 3.13. The Balaban J connectivity index is 1.89. The Kier molecular flexibility index (Phi) is 5.21. The summed E-state index contributed by atoms with van der Waals surface area (Å²) in [7, 11) is 0. The Morgan fingerprint density at radius 2 is 2.10 bits per heavy atom. The lowest BCUT2D eigenvalue weighted by atomic mass is 9.81. The van der Waals surface area contributed by atoms with Crippen molar-refractivity contribution in [3.8, 4) is 0 Å². The first-order valence-corrected chi connectivity index (χ1v) is 7.97. The fraction of sp³-hybridized carbons (Fsp3) is 0.750. The van der Waals surface area contributed by atoms with Crippen LogP contribution < -0.4 is 11.1 Å². The molecule has 2 unspecified atom stereocenters. The third kappa shape index (κ3) is 3.84. The van der Waals surface area contributed by atoms with E-state index in [4.69, 9.17) is 5.73 Å². The molecule has 1 fully saturated rings. The van der Waals surface area contributed by atoms with Gasteiger partial charge in [0, 0.05) is 18.5 Å². The van der Waals surface area contributed by atoms with Gasteiger partial charge in [-0.1, -0.05) is 33.1 Å². The summed E-state index contributed by atoms with van der Waals surface area (Å²) in [6.07, 6.45) is 7.62. The van der Waals surface area contributed by atoms with Crippen molar-refractivity contribution in [3.05, 3.63) is 11.4 Å². The van der Waals surface area contributed by atoms with Crippen molar-refractivity contribution in [1.29, 1.82) is 0 Å². The van der Waals surface area contributed by atoms with E-state index in [2.05, 4.69) is 29.1 Å². The summed E-state index contributed by atoms with van der Waals surface area (Å²) in [5.74, 6) is 4.11. The number of nitrogens with zero attached hydrogens (tertiary/aromatic N) is 2. The number of aromatic nitrogens is 2. The summed E-state index contributed by atoms with van der Waals surface area (Å²) < 4.78 is 0. The summed E-state index contributed by atoms with van der Waals surface area (Å²) >= 11 is 0. The minimum Gasteiger partial charge on any atom is -0.383 e. The first-order valence-electron chi connectivity index (χ1n) is 7.97. The average Bonchev–Trinajstić information content (AvgIpc) is 2.43. The van der Waals surface area contributed by atoms with Gasteiger partial charge in [0.1, 0.15) is 17.5 Å². The molecule has 1 aromatic rings. The molecule has 0 bridgehead atoms. The van der Waals surface area contributed by atoms with Crippen molar-refractivity contribution < 1.29 is 0 Å². The number of hydrogen-bond acceptors (Lipinski definition) is 4. The SMILES string of the molecule is CCc1nc(N)c(C)c(NCCC2CCCC(C)C2)n1. The molecule has 1 heterocycles. The molecule has 0 aliphatic heterocycles. The largest absolute Gasteiger partial charge is 0.383 e. The van der Waals surface area contributed by atoms with Crippen LogP contribution in [0.1, 0.15) is 57.3 Å². The normalized spacial score (nSPS) is 22.8. The number of aryl methyl sites for hydroxylation is 1. The number of nitrogen functional groups attached to an aromatic ring is 1. The molecule has 3 N–H and O–H groups in total. The van der Waals surface area contributed by atoms with E-state index in [0.29, 0.717) is 5.82 Å². The lowest BCUT2D eigenvalue weighted by Gasteiger charge is -2.26. The number of nitrogens with one attached hydrogen (secondary N) is 1. The van der Waals surface area contributed by atoms with Crippen LogP contribution in [0.4, 0.5) is 11.6 Å². The Hall–Kier alpha value is -1.32. The van der Waals surface area contributed by atoms with Crippen molar-refractivity contribution in [3.63, 3.8) is 0 Å². The molecular weight excluding hydrogens is 248 g/mol. The zero-order valence-corrected chi connectivity index (χ0v) is 13.1. The zero-order valence-electron chi connectivity index (χ0n) is 13.1. The predicted octanol–water partition coefficient (Wildman–Crippen LogP) is 3.56. The molecule has 112 valence electrons. The Morgan fingerprint density at radius 1 is 1.30 bits per heavy atom. The van der Waals surface area contributed by atoms with Crippen LogP contribution in [0, 0.1) is 18.8 Å². The molecule has 1 aliphatic rings. The first kappa shape index (κ1) is 15.1. The molecule has 0 spiro atoms. The Morgan fingerprint density at radius 3 is 2.80 bits per heavy atom. The second-order valence-electron chi connectivity index (χ2n) is 6.21. The van der Waals surface area contributed by atoms with Crippen molar-refractivity contribution in [2.75, 3.05) is 17.6 Å². The van der Waals surface area contributed by atoms with E-state index in [1.54, 1.807) is 0 Å². The molecule has 4 heteroatoms. The minimum absolute atomic E-state index is 0.602. The molecule has 1 saturated carbocycles. The van der Waals surface area contributed by atoms with Gasteiger partial charge < -0.3 is 11.1 Å². The van der Waals surface area contributed by atoms with E-state index < -0.39 is 0 Å². The van der Waals surface area contributed by atoms with Gasteiger partial charge >= 0.3 is 0 Å². The molecule has 1 aliphatic carbocycles. The third-order valence-electron chi connectivity index (χ3n) is 4.44. The van der Waals surface area contributed by atoms with Gasteiger partial charge in [-0.3, -0.25) is 0 Å². The van der Waals surface area contributed by atoms with Crippen molar-refractivity contribution in [2.24, 2.45) is 11.8 Å².